The predicted molar refractivity (Wildman–Crippen MR) is 81.8 cm³/mol. The molecule has 106 valence electrons. The lowest BCUT2D eigenvalue weighted by molar-refractivity contribution is 0.469. The van der Waals surface area contributed by atoms with E-state index in [1.165, 1.54) is 6.33 Å². The van der Waals surface area contributed by atoms with E-state index in [-0.39, 0.29) is 5.75 Å². The van der Waals surface area contributed by atoms with Crippen molar-refractivity contribution in [2.45, 2.75) is 6.54 Å². The molecule has 3 aromatic rings. The highest BCUT2D eigenvalue weighted by Gasteiger charge is 2.07. The van der Waals surface area contributed by atoms with Gasteiger partial charge in [-0.25, -0.2) is 9.67 Å². The topological polar surface area (TPSA) is 63.0 Å². The van der Waals surface area contributed by atoms with E-state index in [1.807, 2.05) is 24.3 Å². The molecule has 0 saturated heterocycles. The van der Waals surface area contributed by atoms with Crippen molar-refractivity contribution >= 4 is 17.3 Å². The fraction of sp³-hybridized carbons (Fsp3) is 0.0667. The molecule has 1 aromatic heterocycles. The summed E-state index contributed by atoms with van der Waals surface area (Å²) in [7, 11) is 0. The van der Waals surface area contributed by atoms with Gasteiger partial charge in [-0.3, -0.25) is 0 Å². The number of nitrogens with zero attached hydrogens (tertiary/aromatic N) is 3. The minimum absolute atomic E-state index is 0.259. The van der Waals surface area contributed by atoms with Crippen LogP contribution in [0.15, 0.2) is 55.1 Å². The second kappa shape index (κ2) is 5.85. The molecule has 2 aromatic carbocycles. The molecule has 0 fully saturated rings. The number of nitrogens with one attached hydrogen (secondary N) is 1. The van der Waals surface area contributed by atoms with Crippen LogP contribution >= 0.6 is 11.6 Å². The summed E-state index contributed by atoms with van der Waals surface area (Å²) in [6.45, 7) is 0.481. The van der Waals surface area contributed by atoms with Crippen LogP contribution in [0, 0.1) is 0 Å². The van der Waals surface area contributed by atoms with E-state index in [9.17, 15) is 5.11 Å². The van der Waals surface area contributed by atoms with E-state index in [0.717, 1.165) is 16.9 Å². The van der Waals surface area contributed by atoms with E-state index in [1.54, 1.807) is 29.2 Å². The minimum Gasteiger partial charge on any atom is -0.508 e. The fourth-order valence-corrected chi connectivity index (χ4v) is 2.21. The van der Waals surface area contributed by atoms with E-state index in [0.29, 0.717) is 11.6 Å². The Bertz CT molecular complexity index is 743. The third kappa shape index (κ3) is 2.98. The van der Waals surface area contributed by atoms with Crippen molar-refractivity contribution in [3.05, 3.63) is 65.7 Å². The lowest BCUT2D eigenvalue weighted by atomic mass is 10.2. The summed E-state index contributed by atoms with van der Waals surface area (Å²) in [5, 5.41) is 17.8. The summed E-state index contributed by atoms with van der Waals surface area (Å²) in [5.74, 6) is 0.259. The molecule has 21 heavy (non-hydrogen) atoms. The Balaban J connectivity index is 1.88. The molecule has 3 rings (SSSR count). The van der Waals surface area contributed by atoms with Crippen molar-refractivity contribution in [1.82, 2.24) is 14.8 Å². The van der Waals surface area contributed by atoms with Gasteiger partial charge in [-0.1, -0.05) is 29.8 Å². The van der Waals surface area contributed by atoms with Gasteiger partial charge in [-0.15, -0.1) is 0 Å². The number of aromatic nitrogens is 3. The number of benzene rings is 2. The number of hydrogen-bond donors (Lipinski definition) is 2. The number of aromatic hydroxyl groups is 1. The monoisotopic (exact) mass is 300 g/mol. The third-order valence-corrected chi connectivity index (χ3v) is 3.32. The standard InChI is InChI=1S/C15H13ClN4O/c16-12-5-6-14(20-10-17-9-19-20)13(7-12)18-8-11-3-1-2-4-15(11)21/h1-7,9-10,18,21H,8H2. The maximum absolute atomic E-state index is 9.80. The second-order valence-electron chi connectivity index (χ2n) is 4.48. The van der Waals surface area contributed by atoms with Crippen LogP contribution in [0.4, 0.5) is 5.69 Å². The number of para-hydroxylation sites is 1. The molecule has 0 amide bonds. The second-order valence-corrected chi connectivity index (χ2v) is 4.92. The summed E-state index contributed by atoms with van der Waals surface area (Å²) in [6.07, 6.45) is 3.09. The molecule has 5 nitrogen and oxygen atoms in total. The number of phenolic OH excluding ortho intramolecular Hbond substituents is 1. The average Bonchev–Trinajstić information content (AvgIpc) is 3.00. The molecule has 0 bridgehead atoms. The van der Waals surface area contributed by atoms with Gasteiger partial charge in [0.2, 0.25) is 0 Å². The summed E-state index contributed by atoms with van der Waals surface area (Å²) in [4.78, 5) is 3.95. The van der Waals surface area contributed by atoms with Gasteiger partial charge in [0, 0.05) is 17.1 Å². The van der Waals surface area contributed by atoms with Gasteiger partial charge in [-0.05, 0) is 24.3 Å². The predicted octanol–water partition coefficient (Wildman–Crippen LogP) is 3.24. The Hall–Kier alpha value is -2.53. The average molecular weight is 301 g/mol. The van der Waals surface area contributed by atoms with Crippen molar-refractivity contribution in [3.63, 3.8) is 0 Å². The van der Waals surface area contributed by atoms with E-state index >= 15 is 0 Å². The zero-order valence-corrected chi connectivity index (χ0v) is 11.8. The Morgan fingerprint density at radius 2 is 2.05 bits per heavy atom. The zero-order valence-electron chi connectivity index (χ0n) is 11.1. The maximum atomic E-state index is 9.80. The van der Waals surface area contributed by atoms with Crippen LogP contribution < -0.4 is 5.32 Å². The molecule has 0 atom stereocenters. The van der Waals surface area contributed by atoms with E-state index in [2.05, 4.69) is 15.4 Å². The van der Waals surface area contributed by atoms with Crippen LogP contribution in [0.25, 0.3) is 5.69 Å². The van der Waals surface area contributed by atoms with Gasteiger partial charge in [0.05, 0.1) is 11.4 Å². The lowest BCUT2D eigenvalue weighted by Crippen LogP contribution is -2.05. The number of hydrogen-bond acceptors (Lipinski definition) is 4. The molecule has 0 aliphatic heterocycles. The largest absolute Gasteiger partial charge is 0.508 e. The number of phenols is 1. The number of halogens is 1. The smallest absolute Gasteiger partial charge is 0.138 e. The van der Waals surface area contributed by atoms with Gasteiger partial charge in [0.1, 0.15) is 18.4 Å². The Morgan fingerprint density at radius 1 is 1.19 bits per heavy atom. The first-order valence-corrected chi connectivity index (χ1v) is 6.77. The van der Waals surface area contributed by atoms with Gasteiger partial charge >= 0.3 is 0 Å². The van der Waals surface area contributed by atoms with Crippen molar-refractivity contribution < 1.29 is 5.11 Å². The first-order chi connectivity index (χ1) is 10.2. The first kappa shape index (κ1) is 13.5. The quantitative estimate of drug-likeness (QED) is 0.776. The third-order valence-electron chi connectivity index (χ3n) is 3.09. The molecule has 1 heterocycles. The summed E-state index contributed by atoms with van der Waals surface area (Å²) in [5.41, 5.74) is 2.46. The minimum atomic E-state index is 0.259. The van der Waals surface area contributed by atoms with Crippen LogP contribution in [0.3, 0.4) is 0 Å². The molecule has 0 unspecified atom stereocenters. The first-order valence-electron chi connectivity index (χ1n) is 6.39. The molecule has 0 saturated carbocycles. The highest BCUT2D eigenvalue weighted by Crippen LogP contribution is 2.25. The molecule has 2 N–H and O–H groups in total. The Labute approximate surface area is 126 Å². The van der Waals surface area contributed by atoms with Crippen LogP contribution in [-0.4, -0.2) is 19.9 Å². The maximum Gasteiger partial charge on any atom is 0.138 e. The Morgan fingerprint density at radius 3 is 2.81 bits per heavy atom. The SMILES string of the molecule is Oc1ccccc1CNc1cc(Cl)ccc1-n1cncn1. The molecular formula is C15H13ClN4O. The molecule has 0 aliphatic rings. The van der Waals surface area contributed by atoms with Crippen molar-refractivity contribution in [2.75, 3.05) is 5.32 Å². The van der Waals surface area contributed by atoms with E-state index < -0.39 is 0 Å². The van der Waals surface area contributed by atoms with Crippen LogP contribution in [-0.2, 0) is 6.54 Å². The highest BCUT2D eigenvalue weighted by atomic mass is 35.5. The fourth-order valence-electron chi connectivity index (χ4n) is 2.03. The summed E-state index contributed by atoms with van der Waals surface area (Å²) < 4.78 is 1.66. The Kier molecular flexibility index (Phi) is 3.75. The van der Waals surface area contributed by atoms with Gasteiger partial charge in [-0.2, -0.15) is 5.10 Å². The summed E-state index contributed by atoms with van der Waals surface area (Å²) >= 11 is 6.06. The van der Waals surface area contributed by atoms with Crippen molar-refractivity contribution in [3.8, 4) is 11.4 Å². The van der Waals surface area contributed by atoms with Gasteiger partial charge in [0.15, 0.2) is 0 Å². The molecule has 0 aliphatic carbocycles. The van der Waals surface area contributed by atoms with Gasteiger partial charge in [0.25, 0.3) is 0 Å². The lowest BCUT2D eigenvalue weighted by Gasteiger charge is -2.13. The van der Waals surface area contributed by atoms with Crippen LogP contribution in [0.5, 0.6) is 5.75 Å². The molecule has 0 radical (unpaired) electrons. The van der Waals surface area contributed by atoms with Gasteiger partial charge < -0.3 is 10.4 Å². The molecule has 6 heteroatoms. The molecule has 0 spiro atoms. The van der Waals surface area contributed by atoms with Crippen molar-refractivity contribution in [1.29, 1.82) is 0 Å². The van der Waals surface area contributed by atoms with E-state index in [4.69, 9.17) is 11.6 Å². The van der Waals surface area contributed by atoms with Crippen molar-refractivity contribution in [2.24, 2.45) is 0 Å². The normalized spacial score (nSPS) is 10.5. The zero-order chi connectivity index (χ0) is 14.7. The number of rotatable bonds is 4. The van der Waals surface area contributed by atoms with Crippen LogP contribution in [0.2, 0.25) is 5.02 Å². The van der Waals surface area contributed by atoms with Crippen LogP contribution in [0.1, 0.15) is 5.56 Å². The summed E-state index contributed by atoms with van der Waals surface area (Å²) in [6, 6.07) is 12.7. The highest BCUT2D eigenvalue weighted by molar-refractivity contribution is 6.31. The number of anilines is 1. The molecular weight excluding hydrogens is 288 g/mol.